The van der Waals surface area contributed by atoms with Crippen LogP contribution in [-0.2, 0) is 48.6 Å². The summed E-state index contributed by atoms with van der Waals surface area (Å²) in [6.45, 7) is 1.38. The van der Waals surface area contributed by atoms with E-state index < -0.39 is 61.4 Å². The molecule has 0 saturated heterocycles. The molecule has 1 aromatic heterocycles. The van der Waals surface area contributed by atoms with Crippen LogP contribution in [0.2, 0.25) is 0 Å². The number of nitrogens with one attached hydrogen (secondary N) is 4. The molecule has 3 aromatic rings. The van der Waals surface area contributed by atoms with Gasteiger partial charge in [0.1, 0.15) is 23.4 Å². The van der Waals surface area contributed by atoms with Crippen LogP contribution in [0.25, 0.3) is 10.9 Å². The van der Waals surface area contributed by atoms with Gasteiger partial charge < -0.3 is 36.1 Å². The molecule has 0 bridgehead atoms. The molecule has 1 saturated carbocycles. The van der Waals surface area contributed by atoms with Gasteiger partial charge in [-0.1, -0.05) is 49.6 Å². The monoisotopic (exact) mass is 684 g/mol. The number of aromatic nitrogens is 1. The van der Waals surface area contributed by atoms with Crippen molar-refractivity contribution in [1.29, 1.82) is 0 Å². The van der Waals surface area contributed by atoms with Crippen molar-refractivity contribution in [3.05, 3.63) is 65.9 Å². The van der Waals surface area contributed by atoms with Gasteiger partial charge in [-0.2, -0.15) is 0 Å². The average molecular weight is 685 g/mol. The van der Waals surface area contributed by atoms with Gasteiger partial charge in [0.2, 0.25) is 29.5 Å². The molecule has 0 radical (unpaired) electrons. The lowest BCUT2D eigenvalue weighted by Gasteiger charge is -2.38. The number of rotatable bonds is 14. The Morgan fingerprint density at radius 1 is 0.958 bits per heavy atom. The molecular weight excluding hydrogens is 643 g/mol. The molecule has 0 aliphatic heterocycles. The van der Waals surface area contributed by atoms with Gasteiger partial charge in [0.25, 0.3) is 0 Å². The predicted octanol–water partition coefficient (Wildman–Crippen LogP) is 1.19. The van der Waals surface area contributed by atoms with Crippen LogP contribution < -0.4 is 31.5 Å². The summed E-state index contributed by atoms with van der Waals surface area (Å²) >= 11 is 0. The Kier molecular flexibility index (Phi) is 11.6. The zero-order valence-electron chi connectivity index (χ0n) is 26.7. The SMILES string of the molecule is CC(=O)N[C@@H](Cc1ccc(OP(=O)(O)O)cc1)C(=O)NC1(C(=O)N[C@@H](CC(N)=O)C(=O)NCc2cn(C)c3ccccc23)CCCCC1. The van der Waals surface area contributed by atoms with Crippen LogP contribution in [0.15, 0.2) is 54.7 Å². The summed E-state index contributed by atoms with van der Waals surface area (Å²) in [4.78, 5) is 83.1. The summed E-state index contributed by atoms with van der Waals surface area (Å²) in [6.07, 6.45) is 3.95. The molecule has 258 valence electrons. The van der Waals surface area contributed by atoms with E-state index in [1.165, 1.54) is 31.2 Å². The average Bonchev–Trinajstić information content (AvgIpc) is 3.34. The number of carbonyl (C=O) groups is 5. The molecule has 1 heterocycles. The molecule has 1 aliphatic carbocycles. The van der Waals surface area contributed by atoms with Gasteiger partial charge in [0.15, 0.2) is 0 Å². The minimum absolute atomic E-state index is 0.0137. The van der Waals surface area contributed by atoms with Gasteiger partial charge in [-0.15, -0.1) is 0 Å². The van der Waals surface area contributed by atoms with Gasteiger partial charge in [0.05, 0.1) is 6.42 Å². The number of nitrogens with two attached hydrogens (primary N) is 1. The Morgan fingerprint density at radius 2 is 1.62 bits per heavy atom. The molecule has 0 unspecified atom stereocenters. The number of hydrogen-bond acceptors (Lipinski definition) is 7. The second kappa shape index (κ2) is 15.5. The topological polar surface area (TPSA) is 231 Å². The Morgan fingerprint density at radius 3 is 2.25 bits per heavy atom. The number of phosphoric acid groups is 1. The number of carbonyl (C=O) groups excluding carboxylic acids is 5. The van der Waals surface area contributed by atoms with Gasteiger partial charge in [-0.05, 0) is 42.2 Å². The van der Waals surface area contributed by atoms with Gasteiger partial charge in [-0.3, -0.25) is 33.8 Å². The van der Waals surface area contributed by atoms with Crippen LogP contribution in [0.1, 0.15) is 56.6 Å². The number of amides is 5. The first-order valence-electron chi connectivity index (χ1n) is 15.5. The third-order valence-corrected chi connectivity index (χ3v) is 8.69. The number of nitrogens with zero attached hydrogens (tertiary/aromatic N) is 1. The van der Waals surface area contributed by atoms with Crippen molar-refractivity contribution in [1.82, 2.24) is 25.8 Å². The van der Waals surface area contributed by atoms with Gasteiger partial charge in [-0.25, -0.2) is 4.57 Å². The fourth-order valence-corrected chi connectivity index (χ4v) is 6.38. The lowest BCUT2D eigenvalue weighted by atomic mass is 9.80. The Bertz CT molecular complexity index is 1710. The largest absolute Gasteiger partial charge is 0.524 e. The molecule has 15 nitrogen and oxygen atoms in total. The fourth-order valence-electron chi connectivity index (χ4n) is 5.98. The molecule has 16 heteroatoms. The molecule has 5 amide bonds. The Balaban J connectivity index is 1.49. The lowest BCUT2D eigenvalue weighted by molar-refractivity contribution is -0.139. The zero-order valence-corrected chi connectivity index (χ0v) is 27.6. The van der Waals surface area contributed by atoms with Crippen molar-refractivity contribution in [3.63, 3.8) is 0 Å². The summed E-state index contributed by atoms with van der Waals surface area (Å²) in [6, 6.07) is 10.9. The highest BCUT2D eigenvalue weighted by Crippen LogP contribution is 2.37. The van der Waals surface area contributed by atoms with Crippen LogP contribution in [0, 0.1) is 0 Å². The third-order valence-electron chi connectivity index (χ3n) is 8.25. The number of para-hydroxylation sites is 1. The van der Waals surface area contributed by atoms with Crippen LogP contribution in [-0.4, -0.2) is 61.5 Å². The smallest absolute Gasteiger partial charge is 0.404 e. The number of aryl methyl sites for hydroxylation is 1. The lowest BCUT2D eigenvalue weighted by Crippen LogP contribution is -2.65. The predicted molar refractivity (Wildman–Crippen MR) is 175 cm³/mol. The van der Waals surface area contributed by atoms with Crippen molar-refractivity contribution >= 4 is 48.3 Å². The van der Waals surface area contributed by atoms with E-state index in [4.69, 9.17) is 15.5 Å². The van der Waals surface area contributed by atoms with Crippen molar-refractivity contribution in [2.45, 2.75) is 76.0 Å². The highest BCUT2D eigenvalue weighted by molar-refractivity contribution is 7.46. The number of primary amides is 1. The summed E-state index contributed by atoms with van der Waals surface area (Å²) in [7, 11) is -2.88. The van der Waals surface area contributed by atoms with E-state index in [1.807, 2.05) is 42.1 Å². The van der Waals surface area contributed by atoms with E-state index in [9.17, 15) is 28.5 Å². The van der Waals surface area contributed by atoms with E-state index in [-0.39, 0.29) is 31.6 Å². The number of hydrogen-bond donors (Lipinski definition) is 7. The molecular formula is C32H41N6O9P. The molecule has 0 spiro atoms. The van der Waals surface area contributed by atoms with E-state index >= 15 is 0 Å². The third kappa shape index (κ3) is 9.66. The van der Waals surface area contributed by atoms with Crippen molar-refractivity contribution in [2.24, 2.45) is 12.8 Å². The summed E-state index contributed by atoms with van der Waals surface area (Å²) in [5, 5.41) is 11.8. The zero-order chi connectivity index (χ0) is 35.1. The maximum Gasteiger partial charge on any atom is 0.524 e. The molecule has 4 rings (SSSR count). The number of benzene rings is 2. The summed E-state index contributed by atoms with van der Waals surface area (Å²) in [5.74, 6) is -3.30. The minimum Gasteiger partial charge on any atom is -0.404 e. The first kappa shape index (κ1) is 36.1. The minimum atomic E-state index is -4.76. The van der Waals surface area contributed by atoms with Gasteiger partial charge in [0, 0.05) is 44.0 Å². The van der Waals surface area contributed by atoms with E-state index in [0.29, 0.717) is 18.4 Å². The molecule has 1 fully saturated rings. The number of fused-ring (bicyclic) bond motifs is 1. The standard InChI is InChI=1S/C32H41N6O9P/c1-20(39)35-25(16-21-10-12-23(13-11-21)47-48(44,45)46)30(42)37-32(14-6-3-7-15-32)31(43)36-26(17-28(33)40)29(41)34-18-22-19-38(2)27-9-5-4-8-24(22)27/h4-5,8-13,19,25-26H,3,6-7,14-18H2,1-2H3,(H2,33,40)(H,34,41)(H,35,39)(H,36,43)(H,37,42)(H2,44,45,46)/t25-,26-/m0/s1. The molecule has 8 N–H and O–H groups in total. The normalized spacial score (nSPS) is 15.5. The highest BCUT2D eigenvalue weighted by atomic mass is 31.2. The summed E-state index contributed by atoms with van der Waals surface area (Å²) < 4.78 is 17.6. The molecule has 1 aliphatic rings. The van der Waals surface area contributed by atoms with Crippen LogP contribution in [0.5, 0.6) is 5.75 Å². The second-order valence-electron chi connectivity index (χ2n) is 12.0. The van der Waals surface area contributed by atoms with Crippen molar-refractivity contribution < 1.29 is 42.8 Å². The second-order valence-corrected chi connectivity index (χ2v) is 13.2. The first-order valence-corrected chi connectivity index (χ1v) is 17.0. The van der Waals surface area contributed by atoms with Crippen LogP contribution in [0.4, 0.5) is 0 Å². The number of phosphoric ester groups is 1. The highest BCUT2D eigenvalue weighted by Gasteiger charge is 2.43. The van der Waals surface area contributed by atoms with Crippen LogP contribution in [0.3, 0.4) is 0 Å². The van der Waals surface area contributed by atoms with Gasteiger partial charge >= 0.3 is 7.82 Å². The van der Waals surface area contributed by atoms with E-state index in [1.54, 1.807) is 0 Å². The maximum absolute atomic E-state index is 13.9. The fraction of sp³-hybridized carbons (Fsp3) is 0.406. The Labute approximate surface area is 277 Å². The van der Waals surface area contributed by atoms with E-state index in [2.05, 4.69) is 25.8 Å². The first-order chi connectivity index (χ1) is 22.7. The van der Waals surface area contributed by atoms with E-state index in [0.717, 1.165) is 22.9 Å². The van der Waals surface area contributed by atoms with Crippen molar-refractivity contribution in [2.75, 3.05) is 0 Å². The molecule has 2 atom stereocenters. The maximum atomic E-state index is 13.9. The summed E-state index contributed by atoms with van der Waals surface area (Å²) in [5.41, 5.74) is 6.37. The molecule has 2 aromatic carbocycles. The quantitative estimate of drug-likeness (QED) is 0.121. The molecule has 48 heavy (non-hydrogen) atoms. The Hall–Kier alpha value is -4.72. The van der Waals surface area contributed by atoms with Crippen LogP contribution >= 0.6 is 7.82 Å². The van der Waals surface area contributed by atoms with Crippen molar-refractivity contribution in [3.8, 4) is 5.75 Å².